The molecule has 0 aliphatic heterocycles. The van der Waals surface area contributed by atoms with Gasteiger partial charge < -0.3 is 15.8 Å². The van der Waals surface area contributed by atoms with Crippen LogP contribution in [0.2, 0.25) is 0 Å². The van der Waals surface area contributed by atoms with E-state index in [-0.39, 0.29) is 13.2 Å². The average molecular weight is 268 g/mol. The lowest BCUT2D eigenvalue weighted by molar-refractivity contribution is -0.148. The van der Waals surface area contributed by atoms with E-state index in [9.17, 15) is 9.59 Å². The van der Waals surface area contributed by atoms with Crippen molar-refractivity contribution in [3.8, 4) is 0 Å². The van der Waals surface area contributed by atoms with Crippen molar-refractivity contribution in [3.05, 3.63) is 17.0 Å². The fourth-order valence-corrected chi connectivity index (χ4v) is 1.70. The molecule has 0 aliphatic rings. The van der Waals surface area contributed by atoms with Crippen LogP contribution in [0.3, 0.4) is 0 Å². The topological polar surface area (TPSA) is 99.2 Å². The summed E-state index contributed by atoms with van der Waals surface area (Å²) in [6.45, 7) is 5.91. The Labute approximate surface area is 112 Å². The molecule has 7 heteroatoms. The molecule has 0 spiro atoms. The third-order valence-corrected chi connectivity index (χ3v) is 2.92. The number of hydrogen-bond acceptors (Lipinski definition) is 5. The van der Waals surface area contributed by atoms with Crippen molar-refractivity contribution in [1.29, 1.82) is 0 Å². The lowest BCUT2D eigenvalue weighted by atomic mass is 10.2. The number of esters is 1. The molecular weight excluding hydrogens is 248 g/mol. The monoisotopic (exact) mass is 268 g/mol. The van der Waals surface area contributed by atoms with Crippen molar-refractivity contribution in [2.75, 3.05) is 6.61 Å². The summed E-state index contributed by atoms with van der Waals surface area (Å²) in [4.78, 5) is 23.0. The molecule has 0 aromatic carbocycles. The molecule has 0 aliphatic carbocycles. The maximum absolute atomic E-state index is 11.7. The zero-order chi connectivity index (χ0) is 14.6. The van der Waals surface area contributed by atoms with Gasteiger partial charge in [0.1, 0.15) is 0 Å². The molecule has 1 rings (SSSR count). The fraction of sp³-hybridized carbons (Fsp3) is 0.583. The zero-order valence-corrected chi connectivity index (χ0v) is 11.7. The van der Waals surface area contributed by atoms with Crippen molar-refractivity contribution in [3.63, 3.8) is 0 Å². The molecule has 0 fully saturated rings. The molecule has 1 heterocycles. The molecule has 3 N–H and O–H groups in total. The minimum absolute atomic E-state index is 0.195. The summed E-state index contributed by atoms with van der Waals surface area (Å²) in [5.74, 6) is -1.28. The van der Waals surface area contributed by atoms with Gasteiger partial charge in [0, 0.05) is 24.8 Å². The number of ether oxygens (including phenoxy) is 1. The number of aromatic nitrogens is 2. The summed E-state index contributed by atoms with van der Waals surface area (Å²) in [6.07, 6.45) is 0. The number of nitrogens with one attached hydrogen (secondary N) is 1. The molecule has 7 nitrogen and oxygen atoms in total. The molecule has 0 radical (unpaired) electrons. The van der Waals surface area contributed by atoms with Crippen LogP contribution in [0.1, 0.15) is 23.9 Å². The van der Waals surface area contributed by atoms with Crippen LogP contribution < -0.4 is 11.1 Å². The molecule has 1 atom stereocenters. The van der Waals surface area contributed by atoms with Crippen molar-refractivity contribution in [1.82, 2.24) is 15.1 Å². The second-order valence-electron chi connectivity index (χ2n) is 4.22. The minimum atomic E-state index is -1.29. The molecule has 1 aromatic heterocycles. The third-order valence-electron chi connectivity index (χ3n) is 2.92. The highest BCUT2D eigenvalue weighted by Gasteiger charge is 2.23. The summed E-state index contributed by atoms with van der Waals surface area (Å²) in [6, 6.07) is -1.29. The first kappa shape index (κ1) is 15.2. The van der Waals surface area contributed by atoms with E-state index in [0.29, 0.717) is 0 Å². The van der Waals surface area contributed by atoms with Gasteiger partial charge in [-0.1, -0.05) is 0 Å². The molecule has 106 valence electrons. The largest absolute Gasteiger partial charge is 0.464 e. The Morgan fingerprint density at radius 3 is 2.58 bits per heavy atom. The summed E-state index contributed by atoms with van der Waals surface area (Å²) < 4.78 is 6.43. The smallest absolute Gasteiger partial charge is 0.332 e. The van der Waals surface area contributed by atoms with Crippen LogP contribution in [0.4, 0.5) is 0 Å². The lowest BCUT2D eigenvalue weighted by Crippen LogP contribution is -2.46. The van der Waals surface area contributed by atoms with Crippen molar-refractivity contribution >= 4 is 11.9 Å². The number of nitrogens with two attached hydrogens (primary N) is 1. The number of amides is 1. The minimum Gasteiger partial charge on any atom is -0.464 e. The predicted octanol–water partition coefficient (Wildman–Crippen LogP) is -0.456. The predicted molar refractivity (Wildman–Crippen MR) is 69.1 cm³/mol. The van der Waals surface area contributed by atoms with Crippen LogP contribution in [0.25, 0.3) is 0 Å². The van der Waals surface area contributed by atoms with Gasteiger partial charge in [-0.2, -0.15) is 5.10 Å². The van der Waals surface area contributed by atoms with Gasteiger partial charge in [0.15, 0.2) is 6.04 Å². The number of carbonyl (C=O) groups excluding carboxylic acids is 2. The van der Waals surface area contributed by atoms with E-state index < -0.39 is 17.9 Å². The summed E-state index contributed by atoms with van der Waals surface area (Å²) in [5.41, 5.74) is 8.21. The molecule has 1 aromatic rings. The number of hydrogen-bond donors (Lipinski definition) is 2. The second-order valence-corrected chi connectivity index (χ2v) is 4.22. The van der Waals surface area contributed by atoms with Crippen LogP contribution in [0.15, 0.2) is 0 Å². The van der Waals surface area contributed by atoms with E-state index in [0.717, 1.165) is 17.0 Å². The Morgan fingerprint density at radius 1 is 1.47 bits per heavy atom. The van der Waals surface area contributed by atoms with Crippen LogP contribution in [0.5, 0.6) is 0 Å². The van der Waals surface area contributed by atoms with Crippen LogP contribution in [-0.2, 0) is 27.9 Å². The first-order valence-electron chi connectivity index (χ1n) is 6.07. The normalized spacial score (nSPS) is 12.1. The Kier molecular flexibility index (Phi) is 5.05. The molecule has 0 saturated heterocycles. The summed E-state index contributed by atoms with van der Waals surface area (Å²) in [7, 11) is 1.83. The zero-order valence-electron chi connectivity index (χ0n) is 11.7. The highest BCUT2D eigenvalue weighted by molar-refractivity contribution is 6.01. The van der Waals surface area contributed by atoms with Gasteiger partial charge >= 0.3 is 5.97 Å². The first-order chi connectivity index (χ1) is 8.88. The van der Waals surface area contributed by atoms with E-state index >= 15 is 0 Å². The maximum Gasteiger partial charge on any atom is 0.332 e. The van der Waals surface area contributed by atoms with Crippen LogP contribution in [-0.4, -0.2) is 34.3 Å². The van der Waals surface area contributed by atoms with Crippen molar-refractivity contribution in [2.24, 2.45) is 12.8 Å². The van der Waals surface area contributed by atoms with E-state index in [1.54, 1.807) is 11.6 Å². The maximum atomic E-state index is 11.7. The quantitative estimate of drug-likeness (QED) is 0.556. The second kappa shape index (κ2) is 6.33. The number of rotatable bonds is 5. The van der Waals surface area contributed by atoms with E-state index in [2.05, 4.69) is 15.2 Å². The first-order valence-corrected chi connectivity index (χ1v) is 6.07. The molecule has 0 saturated carbocycles. The fourth-order valence-electron chi connectivity index (χ4n) is 1.70. The molecule has 1 unspecified atom stereocenters. The van der Waals surface area contributed by atoms with Gasteiger partial charge in [0.05, 0.1) is 12.3 Å². The summed E-state index contributed by atoms with van der Waals surface area (Å²) >= 11 is 0. The van der Waals surface area contributed by atoms with E-state index in [1.807, 2.05) is 20.9 Å². The standard InChI is InChI=1S/C12H20N4O3/c1-5-19-12(18)10(13)11(17)14-6-9-7(2)15-16(4)8(9)3/h10H,5-6,13H2,1-4H3,(H,14,17). The van der Waals surface area contributed by atoms with Gasteiger partial charge in [-0.15, -0.1) is 0 Å². The number of nitrogens with zero attached hydrogens (tertiary/aromatic N) is 2. The SMILES string of the molecule is CCOC(=O)C(N)C(=O)NCc1c(C)nn(C)c1C. The van der Waals surface area contributed by atoms with Crippen LogP contribution >= 0.6 is 0 Å². The molecule has 0 bridgehead atoms. The van der Waals surface area contributed by atoms with Gasteiger partial charge in [0.2, 0.25) is 5.91 Å². The van der Waals surface area contributed by atoms with E-state index in [1.165, 1.54) is 0 Å². The molecule has 19 heavy (non-hydrogen) atoms. The number of aryl methyl sites for hydroxylation is 2. The van der Waals surface area contributed by atoms with Gasteiger partial charge in [-0.25, -0.2) is 4.79 Å². The van der Waals surface area contributed by atoms with E-state index in [4.69, 9.17) is 5.73 Å². The molecule has 1 amide bonds. The van der Waals surface area contributed by atoms with Crippen LogP contribution in [0, 0.1) is 13.8 Å². The Balaban J connectivity index is 2.61. The molecular formula is C12H20N4O3. The highest BCUT2D eigenvalue weighted by atomic mass is 16.5. The van der Waals surface area contributed by atoms with Gasteiger partial charge in [0.25, 0.3) is 0 Å². The number of carbonyl (C=O) groups is 2. The average Bonchev–Trinajstić information content (AvgIpc) is 2.60. The van der Waals surface area contributed by atoms with Gasteiger partial charge in [-0.3, -0.25) is 9.48 Å². The Bertz CT molecular complexity index is 482. The van der Waals surface area contributed by atoms with Gasteiger partial charge in [-0.05, 0) is 20.8 Å². The van der Waals surface area contributed by atoms with Crippen molar-refractivity contribution < 1.29 is 14.3 Å². The third kappa shape index (κ3) is 3.54. The Hall–Kier alpha value is -1.89. The highest BCUT2D eigenvalue weighted by Crippen LogP contribution is 2.11. The Morgan fingerprint density at radius 2 is 2.11 bits per heavy atom. The van der Waals surface area contributed by atoms with Crippen molar-refractivity contribution in [2.45, 2.75) is 33.4 Å². The summed E-state index contributed by atoms with van der Waals surface area (Å²) in [5, 5.41) is 6.86. The lowest BCUT2D eigenvalue weighted by Gasteiger charge is -2.11.